The third kappa shape index (κ3) is 4.76. The Morgan fingerprint density at radius 1 is 1.02 bits per heavy atom. The molecule has 0 spiro atoms. The number of methoxy groups -OCH3 is 2. The van der Waals surface area contributed by atoms with Crippen LogP contribution in [0.4, 0.5) is 0 Å². The fourth-order valence-corrected chi connectivity index (χ4v) is 8.24. The third-order valence-electron chi connectivity index (χ3n) is 9.87. The molecule has 0 unspecified atom stereocenters. The lowest BCUT2D eigenvalue weighted by Gasteiger charge is -2.58. The van der Waals surface area contributed by atoms with Crippen LogP contribution in [0.5, 0.6) is 5.75 Å². The molecule has 44 heavy (non-hydrogen) atoms. The molecule has 8 rings (SSSR count). The number of hydrogen-bond donors (Lipinski definition) is 2. The van der Waals surface area contributed by atoms with Crippen molar-refractivity contribution in [1.29, 1.82) is 0 Å². The Balaban J connectivity index is 1.25. The number of fused-ring (bicyclic) bond motifs is 1. The number of benzene rings is 2. The summed E-state index contributed by atoms with van der Waals surface area (Å²) in [6.07, 6.45) is 6.14. The maximum atomic E-state index is 13.9. The number of esters is 1. The first kappa shape index (κ1) is 28.3. The van der Waals surface area contributed by atoms with E-state index >= 15 is 0 Å². The van der Waals surface area contributed by atoms with Crippen LogP contribution in [0.3, 0.4) is 0 Å². The van der Waals surface area contributed by atoms with Crippen molar-refractivity contribution < 1.29 is 24.2 Å². The number of ether oxygens (including phenoxy) is 2. The summed E-state index contributed by atoms with van der Waals surface area (Å²) in [5.41, 5.74) is 1.54. The normalized spacial score (nSPS) is 25.2. The minimum Gasteiger partial charge on any atom is -0.496 e. The number of hydrogen-bond acceptors (Lipinski definition) is 7. The first-order chi connectivity index (χ1) is 21.3. The molecule has 9 heteroatoms. The summed E-state index contributed by atoms with van der Waals surface area (Å²) in [5, 5.41) is 14.6. The quantitative estimate of drug-likeness (QED) is 0.304. The molecule has 2 aromatic heterocycles. The van der Waals surface area contributed by atoms with Crippen LogP contribution in [0, 0.1) is 17.8 Å². The Kier molecular flexibility index (Phi) is 7.00. The van der Waals surface area contributed by atoms with E-state index < -0.39 is 11.6 Å². The van der Waals surface area contributed by atoms with Crippen LogP contribution >= 0.6 is 0 Å². The maximum absolute atomic E-state index is 13.9. The van der Waals surface area contributed by atoms with Gasteiger partial charge < -0.3 is 19.9 Å². The Labute approximate surface area is 254 Å². The molecule has 1 amide bonds. The second-order valence-corrected chi connectivity index (χ2v) is 12.6. The van der Waals surface area contributed by atoms with Crippen LogP contribution in [0.25, 0.3) is 16.7 Å². The topological polar surface area (TPSA) is 120 Å². The van der Waals surface area contributed by atoms with Crippen molar-refractivity contribution >= 4 is 22.9 Å². The van der Waals surface area contributed by atoms with Crippen molar-refractivity contribution in [3.8, 4) is 11.4 Å². The van der Waals surface area contributed by atoms with Crippen LogP contribution in [-0.2, 0) is 11.2 Å². The number of aliphatic hydroxyl groups is 1. The van der Waals surface area contributed by atoms with Gasteiger partial charge in [0.2, 0.25) is 0 Å². The molecule has 2 aromatic carbocycles. The molecule has 4 fully saturated rings. The summed E-state index contributed by atoms with van der Waals surface area (Å²) in [6.45, 7) is 0. The average Bonchev–Trinajstić information content (AvgIpc) is 3.03. The van der Waals surface area contributed by atoms with E-state index in [4.69, 9.17) is 9.47 Å². The fourth-order valence-electron chi connectivity index (χ4n) is 8.24. The van der Waals surface area contributed by atoms with Crippen LogP contribution in [0.2, 0.25) is 0 Å². The van der Waals surface area contributed by atoms with E-state index in [0.29, 0.717) is 51.4 Å². The second-order valence-electron chi connectivity index (χ2n) is 12.6. The molecular formula is C35H35N3O6. The standard InChI is InChI=1S/C35H35N3O6/c1-43-28-16-22(33(40)37-29-23-13-20-14-24(29)19-35(42,17-20)18-23)11-10-21(28)15-27-30(34(41)44-2)38(25-7-4-3-5-8-25)32-26(31(27)39)9-6-12-36-32/h3-12,16,20,23-24,29,42H,13-15,17-19H2,1-2H3,(H,37,40)/t20-,23-,24+,29-,35+. The zero-order chi connectivity index (χ0) is 30.6. The zero-order valence-electron chi connectivity index (χ0n) is 24.8. The summed E-state index contributed by atoms with van der Waals surface area (Å²) in [6, 6.07) is 17.9. The highest BCUT2D eigenvalue weighted by molar-refractivity contribution is 5.96. The average molecular weight is 594 g/mol. The number of pyridine rings is 2. The van der Waals surface area contributed by atoms with Crippen molar-refractivity contribution in [2.24, 2.45) is 17.8 Å². The van der Waals surface area contributed by atoms with Crippen LogP contribution in [0.1, 0.15) is 64.1 Å². The van der Waals surface area contributed by atoms with Gasteiger partial charge in [-0.2, -0.15) is 0 Å². The molecule has 0 saturated heterocycles. The number of para-hydroxylation sites is 1. The van der Waals surface area contributed by atoms with E-state index in [2.05, 4.69) is 10.3 Å². The largest absolute Gasteiger partial charge is 0.496 e. The number of carbonyl (C=O) groups is 2. The van der Waals surface area contributed by atoms with Crippen molar-refractivity contribution in [3.05, 3.63) is 99.5 Å². The molecule has 0 radical (unpaired) electrons. The lowest BCUT2D eigenvalue weighted by atomic mass is 9.52. The Bertz CT molecular complexity index is 1820. The molecule has 5 atom stereocenters. The van der Waals surface area contributed by atoms with Gasteiger partial charge in [0.1, 0.15) is 17.1 Å². The van der Waals surface area contributed by atoms with E-state index in [-0.39, 0.29) is 35.1 Å². The summed E-state index contributed by atoms with van der Waals surface area (Å²) < 4.78 is 12.6. The van der Waals surface area contributed by atoms with Crippen molar-refractivity contribution in [2.45, 2.75) is 50.2 Å². The molecule has 0 aliphatic heterocycles. The molecule has 9 nitrogen and oxygen atoms in total. The summed E-state index contributed by atoms with van der Waals surface area (Å²) in [5.74, 6) is 0.730. The van der Waals surface area contributed by atoms with Gasteiger partial charge in [-0.25, -0.2) is 9.78 Å². The molecule has 226 valence electrons. The van der Waals surface area contributed by atoms with Crippen LogP contribution < -0.4 is 15.5 Å². The van der Waals surface area contributed by atoms with E-state index in [1.807, 2.05) is 30.3 Å². The smallest absolute Gasteiger partial charge is 0.355 e. The first-order valence-corrected chi connectivity index (χ1v) is 15.1. The monoisotopic (exact) mass is 593 g/mol. The lowest BCUT2D eigenvalue weighted by molar-refractivity contribution is -0.136. The molecule has 2 heterocycles. The third-order valence-corrected chi connectivity index (χ3v) is 9.87. The second kappa shape index (κ2) is 10.9. The maximum Gasteiger partial charge on any atom is 0.355 e. The SMILES string of the molecule is COC(=O)c1c(Cc2ccc(C(=O)N[C@@H]3[C@@H]4C[C@@H]5C[C@H]3C[C@](O)(C5)C4)cc2OC)c(=O)c2cccnc2n1-c1ccccc1. The summed E-state index contributed by atoms with van der Waals surface area (Å²) >= 11 is 0. The van der Waals surface area contributed by atoms with Gasteiger partial charge in [0, 0.05) is 35.5 Å². The number of carbonyl (C=O) groups excluding carboxylic acids is 2. The minimum absolute atomic E-state index is 0.0512. The highest BCUT2D eigenvalue weighted by Crippen LogP contribution is 2.55. The zero-order valence-corrected chi connectivity index (χ0v) is 24.8. The number of rotatable bonds is 7. The van der Waals surface area contributed by atoms with Gasteiger partial charge in [-0.3, -0.25) is 14.2 Å². The first-order valence-electron chi connectivity index (χ1n) is 15.1. The van der Waals surface area contributed by atoms with Gasteiger partial charge in [-0.1, -0.05) is 24.3 Å². The Morgan fingerprint density at radius 2 is 1.77 bits per heavy atom. The molecule has 4 saturated carbocycles. The van der Waals surface area contributed by atoms with Crippen molar-refractivity contribution in [3.63, 3.8) is 0 Å². The number of nitrogens with one attached hydrogen (secondary N) is 1. The van der Waals surface area contributed by atoms with Crippen LogP contribution in [-0.4, -0.2) is 52.4 Å². The van der Waals surface area contributed by atoms with Gasteiger partial charge >= 0.3 is 5.97 Å². The lowest BCUT2D eigenvalue weighted by Crippen LogP contribution is -2.61. The molecule has 2 N–H and O–H groups in total. The summed E-state index contributed by atoms with van der Waals surface area (Å²) in [7, 11) is 2.80. The molecular weight excluding hydrogens is 558 g/mol. The van der Waals surface area contributed by atoms with Gasteiger partial charge in [-0.05, 0) is 91.8 Å². The number of nitrogens with zero attached hydrogens (tertiary/aromatic N) is 2. The minimum atomic E-state index is -0.663. The van der Waals surface area contributed by atoms with E-state index in [9.17, 15) is 19.5 Å². The van der Waals surface area contributed by atoms with Gasteiger partial charge in [0.25, 0.3) is 5.91 Å². The van der Waals surface area contributed by atoms with Crippen molar-refractivity contribution in [2.75, 3.05) is 14.2 Å². The highest BCUT2D eigenvalue weighted by Gasteiger charge is 2.55. The molecule has 4 aromatic rings. The predicted molar refractivity (Wildman–Crippen MR) is 164 cm³/mol. The van der Waals surface area contributed by atoms with Gasteiger partial charge in [0.15, 0.2) is 5.43 Å². The Morgan fingerprint density at radius 3 is 2.45 bits per heavy atom. The van der Waals surface area contributed by atoms with E-state index in [0.717, 1.165) is 32.1 Å². The predicted octanol–water partition coefficient (Wildman–Crippen LogP) is 4.44. The highest BCUT2D eigenvalue weighted by atomic mass is 16.5. The van der Waals surface area contributed by atoms with Crippen molar-refractivity contribution in [1.82, 2.24) is 14.9 Å². The van der Waals surface area contributed by atoms with Crippen LogP contribution in [0.15, 0.2) is 71.7 Å². The van der Waals surface area contributed by atoms with Gasteiger partial charge in [-0.15, -0.1) is 0 Å². The number of aromatic nitrogens is 2. The van der Waals surface area contributed by atoms with E-state index in [1.165, 1.54) is 14.2 Å². The number of amides is 1. The fraction of sp³-hybridized carbons (Fsp3) is 0.371. The summed E-state index contributed by atoms with van der Waals surface area (Å²) in [4.78, 5) is 45.2. The van der Waals surface area contributed by atoms with E-state index in [1.54, 1.807) is 41.1 Å². The Hall–Kier alpha value is -4.50. The molecule has 4 aliphatic rings. The molecule has 4 bridgehead atoms. The van der Waals surface area contributed by atoms with Gasteiger partial charge in [0.05, 0.1) is 25.2 Å². The molecule has 4 aliphatic carbocycles.